The molecule has 25 heavy (non-hydrogen) atoms. The van der Waals surface area contributed by atoms with Crippen LogP contribution < -0.4 is 10.6 Å². The van der Waals surface area contributed by atoms with E-state index in [-0.39, 0.29) is 12.6 Å². The van der Waals surface area contributed by atoms with Gasteiger partial charge in [0.2, 0.25) is 0 Å². The van der Waals surface area contributed by atoms with Crippen LogP contribution in [-0.2, 0) is 13.6 Å². The number of aliphatic hydroxyl groups excluding tert-OH is 1. The van der Waals surface area contributed by atoms with E-state index in [2.05, 4.69) is 10.6 Å². The SMILES string of the molecule is Cn1cc([C@@H](O)CNC(=O)NCc2ccc(Cl)cc2)c2ccccc21. The van der Waals surface area contributed by atoms with Crippen molar-refractivity contribution in [2.75, 3.05) is 6.54 Å². The molecular formula is C19H20ClN3O2. The Morgan fingerprint density at radius 2 is 1.88 bits per heavy atom. The molecule has 0 unspecified atom stereocenters. The highest BCUT2D eigenvalue weighted by molar-refractivity contribution is 6.30. The number of urea groups is 1. The highest BCUT2D eigenvalue weighted by Gasteiger charge is 2.15. The number of halogens is 1. The maximum absolute atomic E-state index is 11.9. The van der Waals surface area contributed by atoms with Gasteiger partial charge in [-0.15, -0.1) is 0 Å². The molecule has 2 amide bonds. The Kier molecular flexibility index (Phi) is 5.26. The van der Waals surface area contributed by atoms with Crippen LogP contribution in [0.3, 0.4) is 0 Å². The number of carbonyl (C=O) groups is 1. The van der Waals surface area contributed by atoms with Crippen molar-refractivity contribution in [3.63, 3.8) is 0 Å². The Morgan fingerprint density at radius 1 is 1.16 bits per heavy atom. The van der Waals surface area contributed by atoms with Gasteiger partial charge in [-0.05, 0) is 23.8 Å². The highest BCUT2D eigenvalue weighted by Crippen LogP contribution is 2.25. The van der Waals surface area contributed by atoms with E-state index >= 15 is 0 Å². The number of rotatable bonds is 5. The van der Waals surface area contributed by atoms with Gasteiger partial charge in [-0.3, -0.25) is 0 Å². The molecular weight excluding hydrogens is 338 g/mol. The third-order valence-electron chi connectivity index (χ3n) is 4.11. The van der Waals surface area contributed by atoms with Crippen LogP contribution in [0.5, 0.6) is 0 Å². The van der Waals surface area contributed by atoms with E-state index in [1.807, 2.05) is 54.2 Å². The molecule has 0 aliphatic heterocycles. The van der Waals surface area contributed by atoms with Gasteiger partial charge in [-0.1, -0.05) is 41.9 Å². The maximum atomic E-state index is 11.9. The van der Waals surface area contributed by atoms with Crippen molar-refractivity contribution in [1.29, 1.82) is 0 Å². The van der Waals surface area contributed by atoms with E-state index < -0.39 is 6.10 Å². The number of nitrogens with zero attached hydrogens (tertiary/aromatic N) is 1. The lowest BCUT2D eigenvalue weighted by Crippen LogP contribution is -2.37. The summed E-state index contributed by atoms with van der Waals surface area (Å²) in [5, 5.41) is 17.5. The molecule has 1 atom stereocenters. The number of fused-ring (bicyclic) bond motifs is 1. The van der Waals surface area contributed by atoms with E-state index in [0.29, 0.717) is 11.6 Å². The first-order chi connectivity index (χ1) is 12.0. The number of carbonyl (C=O) groups excluding carboxylic acids is 1. The van der Waals surface area contributed by atoms with E-state index in [4.69, 9.17) is 11.6 Å². The molecule has 0 bridgehead atoms. The fraction of sp³-hybridized carbons (Fsp3) is 0.211. The second kappa shape index (κ2) is 7.59. The van der Waals surface area contributed by atoms with Crippen molar-refractivity contribution >= 4 is 28.5 Å². The van der Waals surface area contributed by atoms with Crippen molar-refractivity contribution in [2.45, 2.75) is 12.6 Å². The van der Waals surface area contributed by atoms with Gasteiger partial charge in [0, 0.05) is 47.8 Å². The van der Waals surface area contributed by atoms with Crippen LogP contribution in [0.15, 0.2) is 54.7 Å². The molecule has 0 saturated heterocycles. The monoisotopic (exact) mass is 357 g/mol. The summed E-state index contributed by atoms with van der Waals surface area (Å²) < 4.78 is 1.97. The normalized spacial score (nSPS) is 12.1. The van der Waals surface area contributed by atoms with Crippen LogP contribution in [0.1, 0.15) is 17.2 Å². The van der Waals surface area contributed by atoms with Gasteiger partial charge in [0.05, 0.1) is 6.10 Å². The van der Waals surface area contributed by atoms with Crippen molar-refractivity contribution in [1.82, 2.24) is 15.2 Å². The second-order valence-corrected chi connectivity index (χ2v) is 6.35. The Labute approximate surface area is 151 Å². The van der Waals surface area contributed by atoms with Crippen LogP contribution in [0.4, 0.5) is 4.79 Å². The lowest BCUT2D eigenvalue weighted by atomic mass is 10.1. The smallest absolute Gasteiger partial charge is 0.315 e. The van der Waals surface area contributed by atoms with E-state index in [0.717, 1.165) is 22.0 Å². The van der Waals surface area contributed by atoms with Gasteiger partial charge in [-0.2, -0.15) is 0 Å². The zero-order valence-electron chi connectivity index (χ0n) is 13.9. The first kappa shape index (κ1) is 17.3. The quantitative estimate of drug-likeness (QED) is 0.655. The molecule has 0 saturated carbocycles. The molecule has 5 nitrogen and oxygen atoms in total. The van der Waals surface area contributed by atoms with Crippen molar-refractivity contribution < 1.29 is 9.90 Å². The van der Waals surface area contributed by atoms with Crippen LogP contribution >= 0.6 is 11.6 Å². The van der Waals surface area contributed by atoms with Crippen molar-refractivity contribution in [3.05, 3.63) is 70.9 Å². The minimum absolute atomic E-state index is 0.139. The second-order valence-electron chi connectivity index (χ2n) is 5.92. The standard InChI is InChI=1S/C19H20ClN3O2/c1-23-12-16(15-4-2-3-5-17(15)23)18(24)11-22-19(25)21-10-13-6-8-14(20)9-7-13/h2-9,12,18,24H,10-11H2,1H3,(H2,21,22,25)/t18-/m0/s1. The molecule has 0 spiro atoms. The largest absolute Gasteiger partial charge is 0.386 e. The fourth-order valence-electron chi connectivity index (χ4n) is 2.78. The summed E-state index contributed by atoms with van der Waals surface area (Å²) in [6.07, 6.45) is 1.12. The summed E-state index contributed by atoms with van der Waals surface area (Å²) in [6, 6.07) is 14.8. The number of aliphatic hydroxyl groups is 1. The summed E-state index contributed by atoms with van der Waals surface area (Å²) in [5.74, 6) is 0. The Balaban J connectivity index is 1.55. The van der Waals surface area contributed by atoms with Gasteiger partial charge in [0.1, 0.15) is 0 Å². The fourth-order valence-corrected chi connectivity index (χ4v) is 2.91. The van der Waals surface area contributed by atoms with Gasteiger partial charge < -0.3 is 20.3 Å². The zero-order chi connectivity index (χ0) is 17.8. The van der Waals surface area contributed by atoms with Gasteiger partial charge in [-0.25, -0.2) is 4.79 Å². The lowest BCUT2D eigenvalue weighted by molar-refractivity contribution is 0.174. The predicted molar refractivity (Wildman–Crippen MR) is 99.6 cm³/mol. The molecule has 1 heterocycles. The summed E-state index contributed by atoms with van der Waals surface area (Å²) in [6.45, 7) is 0.536. The average molecular weight is 358 g/mol. The minimum Gasteiger partial charge on any atom is -0.386 e. The Morgan fingerprint density at radius 3 is 2.64 bits per heavy atom. The topological polar surface area (TPSA) is 66.3 Å². The van der Waals surface area contributed by atoms with Crippen LogP contribution in [0.25, 0.3) is 10.9 Å². The molecule has 6 heteroatoms. The third kappa shape index (κ3) is 4.13. The van der Waals surface area contributed by atoms with Gasteiger partial charge in [0.25, 0.3) is 0 Å². The zero-order valence-corrected chi connectivity index (χ0v) is 14.6. The summed E-state index contributed by atoms with van der Waals surface area (Å²) in [7, 11) is 1.94. The number of hydrogen-bond donors (Lipinski definition) is 3. The number of aromatic nitrogens is 1. The summed E-state index contributed by atoms with van der Waals surface area (Å²) >= 11 is 5.83. The van der Waals surface area contributed by atoms with E-state index in [9.17, 15) is 9.90 Å². The predicted octanol–water partition coefficient (Wildman–Crippen LogP) is 3.36. The first-order valence-electron chi connectivity index (χ1n) is 8.03. The van der Waals surface area contributed by atoms with Crippen LogP contribution in [0, 0.1) is 0 Å². The van der Waals surface area contributed by atoms with Crippen molar-refractivity contribution in [3.8, 4) is 0 Å². The molecule has 130 valence electrons. The third-order valence-corrected chi connectivity index (χ3v) is 4.36. The number of amides is 2. The molecule has 3 rings (SSSR count). The van der Waals surface area contributed by atoms with Crippen molar-refractivity contribution in [2.24, 2.45) is 7.05 Å². The highest BCUT2D eigenvalue weighted by atomic mass is 35.5. The average Bonchev–Trinajstić information content (AvgIpc) is 2.96. The van der Waals surface area contributed by atoms with Crippen LogP contribution in [-0.4, -0.2) is 22.2 Å². The molecule has 0 radical (unpaired) electrons. The Bertz CT molecular complexity index is 874. The number of para-hydroxylation sites is 1. The van der Waals surface area contributed by atoms with Gasteiger partial charge >= 0.3 is 6.03 Å². The number of benzene rings is 2. The number of nitrogens with one attached hydrogen (secondary N) is 2. The molecule has 0 aliphatic carbocycles. The number of aryl methyl sites for hydroxylation is 1. The van der Waals surface area contributed by atoms with Crippen LogP contribution in [0.2, 0.25) is 5.02 Å². The van der Waals surface area contributed by atoms with E-state index in [1.54, 1.807) is 12.1 Å². The molecule has 1 aromatic heterocycles. The summed E-state index contributed by atoms with van der Waals surface area (Å²) in [5.41, 5.74) is 2.80. The van der Waals surface area contributed by atoms with E-state index in [1.165, 1.54) is 0 Å². The molecule has 2 aromatic carbocycles. The summed E-state index contributed by atoms with van der Waals surface area (Å²) in [4.78, 5) is 11.9. The van der Waals surface area contributed by atoms with Gasteiger partial charge in [0.15, 0.2) is 0 Å². The molecule has 3 N–H and O–H groups in total. The minimum atomic E-state index is -0.771. The molecule has 0 aliphatic rings. The Hall–Kier alpha value is -2.50. The number of hydrogen-bond acceptors (Lipinski definition) is 2. The first-order valence-corrected chi connectivity index (χ1v) is 8.40. The molecule has 0 fully saturated rings. The molecule has 3 aromatic rings. The maximum Gasteiger partial charge on any atom is 0.315 e. The lowest BCUT2D eigenvalue weighted by Gasteiger charge is -2.12.